The maximum absolute atomic E-state index is 13.1. The molecule has 1 aliphatic heterocycles. The summed E-state index contributed by atoms with van der Waals surface area (Å²) < 4.78 is 0. The van der Waals surface area contributed by atoms with Crippen LogP contribution in [-0.4, -0.2) is 47.7 Å². The van der Waals surface area contributed by atoms with Gasteiger partial charge in [0.1, 0.15) is 0 Å². The highest BCUT2D eigenvalue weighted by atomic mass is 16.3. The second-order valence-corrected chi connectivity index (χ2v) is 10.0. The molecule has 4 saturated carbocycles. The van der Waals surface area contributed by atoms with Crippen molar-refractivity contribution in [3.8, 4) is 0 Å². The van der Waals surface area contributed by atoms with Crippen molar-refractivity contribution in [2.24, 2.45) is 17.3 Å². The van der Waals surface area contributed by atoms with Crippen molar-refractivity contribution in [3.05, 3.63) is 29.8 Å². The molecule has 5 aliphatic rings. The van der Waals surface area contributed by atoms with Gasteiger partial charge in [-0.05, 0) is 74.3 Å². The van der Waals surface area contributed by atoms with Gasteiger partial charge in [0.05, 0.1) is 5.60 Å². The van der Waals surface area contributed by atoms with E-state index in [0.717, 1.165) is 45.4 Å². The lowest BCUT2D eigenvalue weighted by Crippen LogP contribution is -2.57. The van der Waals surface area contributed by atoms with Crippen LogP contribution >= 0.6 is 0 Å². The molecule has 1 aromatic rings. The van der Waals surface area contributed by atoms with Gasteiger partial charge in [0.2, 0.25) is 5.91 Å². The van der Waals surface area contributed by atoms with Crippen molar-refractivity contribution in [3.63, 3.8) is 0 Å². The van der Waals surface area contributed by atoms with E-state index >= 15 is 0 Å². The molecule has 1 amide bonds. The van der Waals surface area contributed by atoms with Gasteiger partial charge in [-0.1, -0.05) is 18.2 Å². The number of anilines is 1. The van der Waals surface area contributed by atoms with E-state index in [9.17, 15) is 9.90 Å². The molecule has 1 aromatic carbocycles. The summed E-state index contributed by atoms with van der Waals surface area (Å²) in [7, 11) is 0. The molecule has 1 saturated heterocycles. The maximum Gasteiger partial charge on any atom is 0.223 e. The third-order valence-corrected chi connectivity index (χ3v) is 7.77. The molecule has 1 heterocycles. The third kappa shape index (κ3) is 3.16. The number of carbonyl (C=O) groups is 1. The van der Waals surface area contributed by atoms with E-state index in [4.69, 9.17) is 0 Å². The van der Waals surface area contributed by atoms with Crippen molar-refractivity contribution in [2.45, 2.75) is 57.5 Å². The average molecular weight is 369 g/mol. The predicted octanol–water partition coefficient (Wildman–Crippen LogP) is 3.37. The van der Waals surface area contributed by atoms with Crippen LogP contribution in [0.15, 0.2) is 24.3 Å². The van der Waals surface area contributed by atoms with Crippen LogP contribution in [-0.2, 0) is 4.79 Å². The van der Waals surface area contributed by atoms with E-state index in [1.807, 2.05) is 0 Å². The number of benzene rings is 1. The highest BCUT2D eigenvalue weighted by molar-refractivity contribution is 5.77. The number of nitrogens with zero attached hydrogens (tertiary/aromatic N) is 2. The molecule has 4 heteroatoms. The molecule has 0 radical (unpaired) electrons. The Morgan fingerprint density at radius 2 is 1.74 bits per heavy atom. The first-order valence-corrected chi connectivity index (χ1v) is 10.7. The fourth-order valence-corrected chi connectivity index (χ4v) is 7.16. The minimum absolute atomic E-state index is 0.0864. The Hall–Kier alpha value is -1.55. The standard InChI is InChI=1S/C23H32N2O2/c1-17-4-2-3-5-20(17)24-6-8-25(9-7-24)21(26)15-22-11-18-10-19(12-22)14-23(27,13-18)16-22/h2-5,18-19,27H,6-16H2,1H3/t18-,19-,22?,23?/m1/s1. The third-order valence-electron chi connectivity index (χ3n) is 7.77. The molecule has 0 spiro atoms. The number of carbonyl (C=O) groups excluding carboxylic acids is 1. The van der Waals surface area contributed by atoms with Crippen molar-refractivity contribution >= 4 is 11.6 Å². The molecule has 0 unspecified atom stereocenters. The lowest BCUT2D eigenvalue weighted by molar-refractivity contribution is -0.172. The summed E-state index contributed by atoms with van der Waals surface area (Å²) in [5.74, 6) is 1.63. The Balaban J connectivity index is 1.22. The van der Waals surface area contributed by atoms with E-state index in [1.54, 1.807) is 0 Å². The molecular weight excluding hydrogens is 336 g/mol. The second kappa shape index (κ2) is 6.23. The number of amides is 1. The normalized spacial score (nSPS) is 37.7. The molecule has 4 bridgehead atoms. The quantitative estimate of drug-likeness (QED) is 0.890. The van der Waals surface area contributed by atoms with Crippen molar-refractivity contribution < 1.29 is 9.90 Å². The summed E-state index contributed by atoms with van der Waals surface area (Å²) in [6.07, 6.45) is 7.10. The fourth-order valence-electron chi connectivity index (χ4n) is 7.16. The molecule has 4 aliphatic carbocycles. The highest BCUT2D eigenvalue weighted by Gasteiger charge is 2.57. The van der Waals surface area contributed by atoms with E-state index in [0.29, 0.717) is 24.2 Å². The zero-order valence-electron chi connectivity index (χ0n) is 16.5. The molecule has 146 valence electrons. The lowest BCUT2D eigenvalue weighted by atomic mass is 9.47. The first-order valence-electron chi connectivity index (χ1n) is 10.7. The first kappa shape index (κ1) is 17.5. The molecule has 6 rings (SSSR count). The van der Waals surface area contributed by atoms with Gasteiger partial charge in [0.25, 0.3) is 0 Å². The number of hydrogen-bond donors (Lipinski definition) is 1. The predicted molar refractivity (Wildman–Crippen MR) is 107 cm³/mol. The summed E-state index contributed by atoms with van der Waals surface area (Å²) in [4.78, 5) is 17.6. The van der Waals surface area contributed by atoms with E-state index < -0.39 is 5.60 Å². The number of piperazine rings is 1. The van der Waals surface area contributed by atoms with Gasteiger partial charge in [-0.25, -0.2) is 0 Å². The Labute approximate surface area is 162 Å². The first-order chi connectivity index (χ1) is 12.9. The number of para-hydroxylation sites is 1. The minimum Gasteiger partial charge on any atom is -0.390 e. The largest absolute Gasteiger partial charge is 0.390 e. The lowest BCUT2D eigenvalue weighted by Gasteiger charge is -2.60. The van der Waals surface area contributed by atoms with Crippen LogP contribution in [0, 0.1) is 24.2 Å². The summed E-state index contributed by atoms with van der Waals surface area (Å²) in [6.45, 7) is 5.63. The molecular formula is C23H32N2O2. The highest BCUT2D eigenvalue weighted by Crippen LogP contribution is 2.62. The number of aryl methyl sites for hydroxylation is 1. The summed E-state index contributed by atoms with van der Waals surface area (Å²) in [6, 6.07) is 8.52. The maximum atomic E-state index is 13.1. The molecule has 4 nitrogen and oxygen atoms in total. The van der Waals surface area contributed by atoms with Gasteiger partial charge >= 0.3 is 0 Å². The van der Waals surface area contributed by atoms with Crippen molar-refractivity contribution in [2.75, 3.05) is 31.1 Å². The van der Waals surface area contributed by atoms with Crippen LogP contribution in [0.5, 0.6) is 0 Å². The van der Waals surface area contributed by atoms with Crippen molar-refractivity contribution in [1.29, 1.82) is 0 Å². The van der Waals surface area contributed by atoms with Crippen LogP contribution in [0.1, 0.15) is 50.5 Å². The number of hydrogen-bond acceptors (Lipinski definition) is 3. The second-order valence-electron chi connectivity index (χ2n) is 10.0. The molecule has 5 fully saturated rings. The van der Waals surface area contributed by atoms with Crippen LogP contribution in [0.2, 0.25) is 0 Å². The van der Waals surface area contributed by atoms with Crippen molar-refractivity contribution in [1.82, 2.24) is 4.90 Å². The Morgan fingerprint density at radius 1 is 1.07 bits per heavy atom. The van der Waals surface area contributed by atoms with E-state index in [-0.39, 0.29) is 5.41 Å². The van der Waals surface area contributed by atoms with Crippen LogP contribution < -0.4 is 4.90 Å². The summed E-state index contributed by atoms with van der Waals surface area (Å²) in [5.41, 5.74) is 2.23. The number of rotatable bonds is 3. The topological polar surface area (TPSA) is 43.8 Å². The van der Waals surface area contributed by atoms with Gasteiger partial charge in [-0.2, -0.15) is 0 Å². The van der Waals surface area contributed by atoms with Crippen LogP contribution in [0.3, 0.4) is 0 Å². The average Bonchev–Trinajstić information content (AvgIpc) is 2.60. The smallest absolute Gasteiger partial charge is 0.223 e. The van der Waals surface area contributed by atoms with Gasteiger partial charge in [0.15, 0.2) is 0 Å². The zero-order valence-corrected chi connectivity index (χ0v) is 16.5. The molecule has 1 N–H and O–H groups in total. The minimum atomic E-state index is -0.464. The SMILES string of the molecule is Cc1ccccc1N1CCN(C(=O)CC23C[C@H]4C[C@@H](CC(O)(C4)C2)C3)CC1. The monoisotopic (exact) mass is 368 g/mol. The Bertz CT molecular complexity index is 724. The molecule has 27 heavy (non-hydrogen) atoms. The molecule has 0 aromatic heterocycles. The Morgan fingerprint density at radius 3 is 2.37 bits per heavy atom. The van der Waals surface area contributed by atoms with Gasteiger partial charge in [-0.3, -0.25) is 4.79 Å². The van der Waals surface area contributed by atoms with Crippen LogP contribution in [0.25, 0.3) is 0 Å². The van der Waals surface area contributed by atoms with E-state index in [2.05, 4.69) is 41.0 Å². The zero-order chi connectivity index (χ0) is 18.6. The fraction of sp³-hybridized carbons (Fsp3) is 0.696. The van der Waals surface area contributed by atoms with Gasteiger partial charge in [0, 0.05) is 38.3 Å². The summed E-state index contributed by atoms with van der Waals surface area (Å²) >= 11 is 0. The van der Waals surface area contributed by atoms with Crippen LogP contribution in [0.4, 0.5) is 5.69 Å². The molecule has 2 atom stereocenters. The van der Waals surface area contributed by atoms with Gasteiger partial charge < -0.3 is 14.9 Å². The van der Waals surface area contributed by atoms with Gasteiger partial charge in [-0.15, -0.1) is 0 Å². The summed E-state index contributed by atoms with van der Waals surface area (Å²) in [5, 5.41) is 10.9. The number of aliphatic hydroxyl groups is 1. The Kier molecular flexibility index (Phi) is 4.05. The van der Waals surface area contributed by atoms with E-state index in [1.165, 1.54) is 30.5 Å².